The molecule has 0 aliphatic carbocycles. The van der Waals surface area contributed by atoms with E-state index in [0.717, 1.165) is 18.4 Å². The number of aromatic nitrogens is 4. The summed E-state index contributed by atoms with van der Waals surface area (Å²) in [5, 5.41) is 19.4. The maximum atomic E-state index is 15.0. The van der Waals surface area contributed by atoms with Gasteiger partial charge in [-0.1, -0.05) is 22.9 Å². The van der Waals surface area contributed by atoms with Gasteiger partial charge < -0.3 is 20.4 Å². The number of urea groups is 1. The summed E-state index contributed by atoms with van der Waals surface area (Å²) >= 11 is 0. The summed E-state index contributed by atoms with van der Waals surface area (Å²) in [5.41, 5.74) is 2.07. The lowest BCUT2D eigenvalue weighted by molar-refractivity contribution is -0.120. The molecule has 4 amide bonds. The molecule has 2 saturated heterocycles. The second-order valence-electron chi connectivity index (χ2n) is 9.32. The first kappa shape index (κ1) is 24.3. The fourth-order valence-corrected chi connectivity index (χ4v) is 4.74. The van der Waals surface area contributed by atoms with Gasteiger partial charge in [-0.3, -0.25) is 9.59 Å². The minimum atomic E-state index is -0.892. The maximum Gasteiger partial charge on any atom is 0.322 e. The Hall–Kier alpha value is -4.35. The number of likely N-dealkylation sites (tertiary alicyclic amines) is 1. The van der Waals surface area contributed by atoms with Crippen LogP contribution in [0.15, 0.2) is 42.5 Å². The number of nitrogens with one attached hydrogen (secondary N) is 3. The fourth-order valence-electron chi connectivity index (χ4n) is 4.74. The molecule has 0 spiro atoms. The van der Waals surface area contributed by atoms with Crippen molar-refractivity contribution in [2.75, 3.05) is 28.6 Å². The van der Waals surface area contributed by atoms with Gasteiger partial charge >= 0.3 is 6.03 Å². The molecule has 37 heavy (non-hydrogen) atoms. The van der Waals surface area contributed by atoms with Gasteiger partial charge in [0, 0.05) is 36.8 Å². The van der Waals surface area contributed by atoms with E-state index in [1.807, 2.05) is 19.1 Å². The first-order valence-electron chi connectivity index (χ1n) is 12.2. The molecule has 2 aliphatic heterocycles. The van der Waals surface area contributed by atoms with Crippen molar-refractivity contribution < 1.29 is 18.8 Å². The first-order valence-corrected chi connectivity index (χ1v) is 12.2. The molecule has 2 atom stereocenters. The zero-order chi connectivity index (χ0) is 25.9. The predicted molar refractivity (Wildman–Crippen MR) is 133 cm³/mol. The van der Waals surface area contributed by atoms with Crippen molar-refractivity contribution in [1.29, 1.82) is 0 Å². The third-order valence-corrected chi connectivity index (χ3v) is 6.74. The van der Waals surface area contributed by atoms with Gasteiger partial charge in [0.1, 0.15) is 11.9 Å². The number of anilines is 3. The summed E-state index contributed by atoms with van der Waals surface area (Å²) in [5.74, 6) is -1.17. The number of H-pyrrole nitrogens is 1. The van der Waals surface area contributed by atoms with Crippen LogP contribution >= 0.6 is 0 Å². The highest BCUT2D eigenvalue weighted by Crippen LogP contribution is 2.32. The highest BCUT2D eigenvalue weighted by Gasteiger charge is 2.42. The highest BCUT2D eigenvalue weighted by molar-refractivity contribution is 6.00. The molecule has 2 fully saturated rings. The smallest absolute Gasteiger partial charge is 0.322 e. The molecule has 11 nitrogen and oxygen atoms in total. The van der Waals surface area contributed by atoms with Crippen molar-refractivity contribution in [3.63, 3.8) is 0 Å². The van der Waals surface area contributed by atoms with Crippen molar-refractivity contribution in [1.82, 2.24) is 25.5 Å². The number of aromatic amines is 1. The van der Waals surface area contributed by atoms with E-state index < -0.39 is 23.8 Å². The molecule has 5 rings (SSSR count). The Bertz CT molecular complexity index is 1300. The zero-order valence-corrected chi connectivity index (χ0v) is 20.3. The zero-order valence-electron chi connectivity index (χ0n) is 20.3. The van der Waals surface area contributed by atoms with E-state index in [9.17, 15) is 18.8 Å². The van der Waals surface area contributed by atoms with Crippen LogP contribution in [0.25, 0.3) is 0 Å². The van der Waals surface area contributed by atoms with E-state index in [0.29, 0.717) is 30.2 Å². The van der Waals surface area contributed by atoms with Crippen molar-refractivity contribution in [3.8, 4) is 0 Å². The van der Waals surface area contributed by atoms with Crippen LogP contribution in [0, 0.1) is 12.7 Å². The number of hydrogen-bond donors (Lipinski definition) is 3. The third kappa shape index (κ3) is 5.27. The lowest BCUT2D eigenvalue weighted by Gasteiger charge is -2.27. The number of carbonyl (C=O) groups is 3. The second kappa shape index (κ2) is 10.3. The average molecular weight is 507 g/mol. The van der Waals surface area contributed by atoms with E-state index in [-0.39, 0.29) is 30.5 Å². The van der Waals surface area contributed by atoms with Gasteiger partial charge in [0.15, 0.2) is 5.82 Å². The molecule has 0 bridgehead atoms. The molecule has 3 N–H and O–H groups in total. The van der Waals surface area contributed by atoms with Crippen molar-refractivity contribution in [3.05, 3.63) is 59.7 Å². The van der Waals surface area contributed by atoms with Gasteiger partial charge in [-0.05, 0) is 56.5 Å². The number of nitrogens with zero attached hydrogens (tertiary/aromatic N) is 5. The van der Waals surface area contributed by atoms with E-state index in [1.165, 1.54) is 17.0 Å². The Kier molecular flexibility index (Phi) is 6.80. The van der Waals surface area contributed by atoms with Crippen LogP contribution in [0.5, 0.6) is 0 Å². The normalized spacial score (nSPS) is 19.7. The van der Waals surface area contributed by atoms with Crippen LogP contribution in [-0.4, -0.2) is 62.5 Å². The summed E-state index contributed by atoms with van der Waals surface area (Å²) in [6.45, 7) is 2.67. The topological polar surface area (TPSA) is 136 Å². The van der Waals surface area contributed by atoms with Crippen molar-refractivity contribution in [2.45, 2.75) is 44.6 Å². The van der Waals surface area contributed by atoms with E-state index >= 15 is 0 Å². The molecule has 1 aromatic heterocycles. The van der Waals surface area contributed by atoms with Gasteiger partial charge in [-0.2, -0.15) is 5.21 Å². The molecule has 12 heteroatoms. The Morgan fingerprint density at radius 1 is 1.11 bits per heavy atom. The lowest BCUT2D eigenvalue weighted by Crippen LogP contribution is -2.45. The largest absolute Gasteiger partial charge is 0.322 e. The number of hydrogen-bond acceptors (Lipinski definition) is 6. The molecule has 0 saturated carbocycles. The van der Waals surface area contributed by atoms with Crippen molar-refractivity contribution >= 4 is 34.9 Å². The summed E-state index contributed by atoms with van der Waals surface area (Å²) in [6, 6.07) is 10.2. The Labute approximate surface area is 212 Å². The number of aryl methyl sites for hydroxylation is 1. The molecule has 0 unspecified atom stereocenters. The van der Waals surface area contributed by atoms with Crippen LogP contribution in [0.2, 0.25) is 0 Å². The molecular formula is C25H27FN8O3. The first-order chi connectivity index (χ1) is 17.9. The number of carbonyl (C=O) groups excluding carboxylic acids is 3. The van der Waals surface area contributed by atoms with Crippen LogP contribution in [-0.2, 0) is 9.59 Å². The molecule has 0 radical (unpaired) electrons. The molecule has 3 aromatic rings. The van der Waals surface area contributed by atoms with Crippen LogP contribution in [0.1, 0.15) is 43.0 Å². The van der Waals surface area contributed by atoms with E-state index in [4.69, 9.17) is 0 Å². The number of amides is 4. The number of rotatable bonds is 5. The molecular weight excluding hydrogens is 479 g/mol. The van der Waals surface area contributed by atoms with Crippen molar-refractivity contribution in [2.24, 2.45) is 0 Å². The minimum Gasteiger partial charge on any atom is -0.322 e. The average Bonchev–Trinajstić information content (AvgIpc) is 3.57. The monoisotopic (exact) mass is 506 g/mol. The lowest BCUT2D eigenvalue weighted by atomic mass is 10.0. The minimum absolute atomic E-state index is 0.0277. The van der Waals surface area contributed by atoms with Gasteiger partial charge in [0.05, 0.1) is 5.69 Å². The summed E-state index contributed by atoms with van der Waals surface area (Å²) in [7, 11) is 0. The summed E-state index contributed by atoms with van der Waals surface area (Å²) in [6.07, 6.45) is 2.36. The van der Waals surface area contributed by atoms with Crippen LogP contribution < -0.4 is 15.5 Å². The SMILES string of the molecule is Cc1ccc(NC(=O)N2C[C@@H](c3nn[nH]n3)C[C@@H]2C(=O)Nc2ccc(N3CCCCC3=O)cc2F)cc1. The molecule has 192 valence electrons. The van der Waals surface area contributed by atoms with Crippen LogP contribution in [0.3, 0.4) is 0 Å². The Morgan fingerprint density at radius 3 is 2.62 bits per heavy atom. The van der Waals surface area contributed by atoms with E-state index in [1.54, 1.807) is 23.1 Å². The number of piperidine rings is 1. The highest BCUT2D eigenvalue weighted by atomic mass is 19.1. The van der Waals surface area contributed by atoms with Gasteiger partial charge in [-0.25, -0.2) is 9.18 Å². The maximum absolute atomic E-state index is 15.0. The predicted octanol–water partition coefficient (Wildman–Crippen LogP) is 3.19. The number of benzene rings is 2. The van der Waals surface area contributed by atoms with Gasteiger partial charge in [-0.15, -0.1) is 10.2 Å². The Morgan fingerprint density at radius 2 is 1.92 bits per heavy atom. The van der Waals surface area contributed by atoms with Crippen LogP contribution in [0.4, 0.5) is 26.2 Å². The number of halogens is 1. The second-order valence-corrected chi connectivity index (χ2v) is 9.32. The molecule has 3 heterocycles. The molecule has 2 aromatic carbocycles. The van der Waals surface area contributed by atoms with Gasteiger partial charge in [0.2, 0.25) is 11.8 Å². The molecule has 2 aliphatic rings. The third-order valence-electron chi connectivity index (χ3n) is 6.74. The standard InChI is InChI=1S/C25H27FN8O3/c1-15-5-7-17(8-6-15)27-25(37)34-14-16(23-29-31-32-30-23)12-21(34)24(36)28-20-10-9-18(13-19(20)26)33-11-3-2-4-22(33)35/h5-10,13,16,21H,2-4,11-12,14H2,1H3,(H,27,37)(H,28,36)(H,29,30,31,32)/t16-,21+/m0/s1. The number of tetrazole rings is 1. The summed E-state index contributed by atoms with van der Waals surface area (Å²) in [4.78, 5) is 41.6. The summed E-state index contributed by atoms with van der Waals surface area (Å²) < 4.78 is 15.0. The Balaban J connectivity index is 1.33. The fraction of sp³-hybridized carbons (Fsp3) is 0.360. The quantitative estimate of drug-likeness (QED) is 0.486. The van der Waals surface area contributed by atoms with Gasteiger partial charge in [0.25, 0.3) is 0 Å². The van der Waals surface area contributed by atoms with E-state index in [2.05, 4.69) is 31.3 Å².